The van der Waals surface area contributed by atoms with Gasteiger partial charge in [-0.1, -0.05) is 56.3 Å². The molecule has 46 heavy (non-hydrogen) atoms. The number of amides is 3. The normalized spacial score (nSPS) is 26.3. The molecule has 11 heteroatoms. The summed E-state index contributed by atoms with van der Waals surface area (Å²) in [4.78, 5) is 54.0. The van der Waals surface area contributed by atoms with Gasteiger partial charge in [0.2, 0.25) is 11.8 Å². The van der Waals surface area contributed by atoms with Gasteiger partial charge in [0, 0.05) is 20.1 Å². The molecule has 3 amide bonds. The van der Waals surface area contributed by atoms with Gasteiger partial charge in [-0.25, -0.2) is 5.43 Å². The van der Waals surface area contributed by atoms with Crippen molar-refractivity contribution in [3.8, 4) is 5.75 Å². The third kappa shape index (κ3) is 9.64. The van der Waals surface area contributed by atoms with Gasteiger partial charge in [0.05, 0.1) is 12.5 Å². The Balaban J connectivity index is 1.64. The van der Waals surface area contributed by atoms with Crippen LogP contribution in [0.4, 0.5) is 0 Å². The highest BCUT2D eigenvalue weighted by atomic mass is 16.5. The van der Waals surface area contributed by atoms with E-state index in [9.17, 15) is 24.3 Å². The van der Waals surface area contributed by atoms with Crippen molar-refractivity contribution in [2.75, 3.05) is 13.7 Å². The summed E-state index contributed by atoms with van der Waals surface area (Å²) in [5.74, 6) is -2.01. The van der Waals surface area contributed by atoms with Gasteiger partial charge < -0.3 is 25.2 Å². The van der Waals surface area contributed by atoms with Crippen LogP contribution < -0.4 is 16.1 Å². The summed E-state index contributed by atoms with van der Waals surface area (Å²) < 4.78 is 11.4. The first kappa shape index (κ1) is 34.6. The largest absolute Gasteiger partial charge is 0.508 e. The first-order valence-corrected chi connectivity index (χ1v) is 16.0. The molecular formula is C35H46N4O7. The average molecular weight is 635 g/mol. The Bertz CT molecular complexity index is 1410. The predicted octanol–water partition coefficient (Wildman–Crippen LogP) is 3.57. The molecule has 0 aromatic heterocycles. The first-order chi connectivity index (χ1) is 22.0. The Morgan fingerprint density at radius 3 is 2.57 bits per heavy atom. The average Bonchev–Trinajstić information content (AvgIpc) is 3.04. The molecule has 1 fully saturated rings. The molecule has 2 aliphatic heterocycles. The monoisotopic (exact) mass is 634 g/mol. The number of hydrazine groups is 1. The zero-order valence-corrected chi connectivity index (χ0v) is 27.0. The van der Waals surface area contributed by atoms with Crippen LogP contribution in [0.2, 0.25) is 0 Å². The van der Waals surface area contributed by atoms with Gasteiger partial charge in [-0.2, -0.15) is 0 Å². The van der Waals surface area contributed by atoms with Crippen LogP contribution in [0.3, 0.4) is 0 Å². The molecule has 4 rings (SSSR count). The number of carbonyl (C=O) groups excluding carboxylic acids is 4. The summed E-state index contributed by atoms with van der Waals surface area (Å²) in [5.41, 5.74) is 5.44. The van der Waals surface area contributed by atoms with Crippen LogP contribution >= 0.6 is 0 Å². The second kappa shape index (κ2) is 16.4. The van der Waals surface area contributed by atoms with Gasteiger partial charge in [0.1, 0.15) is 30.0 Å². The molecule has 0 spiro atoms. The summed E-state index contributed by atoms with van der Waals surface area (Å²) >= 11 is 0. The molecule has 11 nitrogen and oxygen atoms in total. The number of ether oxygens (including phenoxy) is 2. The molecule has 248 valence electrons. The quantitative estimate of drug-likeness (QED) is 0.374. The zero-order chi connectivity index (χ0) is 33.2. The summed E-state index contributed by atoms with van der Waals surface area (Å²) in [6, 6.07) is 11.5. The second-order valence-corrected chi connectivity index (χ2v) is 12.3. The summed E-state index contributed by atoms with van der Waals surface area (Å²) in [6.45, 7) is 5.77. The fourth-order valence-corrected chi connectivity index (χ4v) is 5.70. The van der Waals surface area contributed by atoms with E-state index in [1.165, 1.54) is 17.1 Å². The molecule has 0 radical (unpaired) electrons. The van der Waals surface area contributed by atoms with E-state index in [0.717, 1.165) is 11.1 Å². The molecule has 1 unspecified atom stereocenters. The van der Waals surface area contributed by atoms with E-state index in [0.29, 0.717) is 37.8 Å². The number of esters is 1. The van der Waals surface area contributed by atoms with Crippen molar-refractivity contribution in [3.63, 3.8) is 0 Å². The number of rotatable bonds is 4. The number of fused-ring (bicyclic) bond motifs is 4. The molecule has 4 N–H and O–H groups in total. The Kier molecular flexibility index (Phi) is 12.3. The van der Waals surface area contributed by atoms with E-state index in [-0.39, 0.29) is 36.5 Å². The number of phenolic OH excluding ortho intramolecular Hbond substituents is 1. The van der Waals surface area contributed by atoms with E-state index < -0.39 is 42.0 Å². The molecule has 0 saturated carbocycles. The van der Waals surface area contributed by atoms with Gasteiger partial charge in [-0.05, 0) is 73.4 Å². The number of carbonyl (C=O) groups is 4. The lowest BCUT2D eigenvalue weighted by Gasteiger charge is -2.36. The number of cyclic esters (lactones) is 1. The molecule has 2 aliphatic rings. The molecule has 2 heterocycles. The number of nitrogens with zero attached hydrogens (tertiary/aromatic N) is 1. The minimum atomic E-state index is -1.05. The lowest BCUT2D eigenvalue weighted by atomic mass is 10.00. The van der Waals surface area contributed by atoms with Crippen LogP contribution in [0.1, 0.15) is 75.7 Å². The van der Waals surface area contributed by atoms with Crippen LogP contribution in [0.25, 0.3) is 6.08 Å². The maximum atomic E-state index is 14.0. The Labute approximate surface area is 270 Å². The van der Waals surface area contributed by atoms with Crippen molar-refractivity contribution in [3.05, 3.63) is 71.3 Å². The van der Waals surface area contributed by atoms with Crippen LogP contribution in [-0.2, 0) is 35.1 Å². The van der Waals surface area contributed by atoms with Crippen LogP contribution in [-0.4, -0.2) is 71.7 Å². The second-order valence-electron chi connectivity index (χ2n) is 12.3. The van der Waals surface area contributed by atoms with Crippen LogP contribution in [0, 0.1) is 5.92 Å². The molecule has 1 saturated heterocycles. The van der Waals surface area contributed by atoms with E-state index >= 15 is 0 Å². The number of phenols is 1. The summed E-state index contributed by atoms with van der Waals surface area (Å²) in [7, 11) is 1.56. The first-order valence-electron chi connectivity index (χ1n) is 16.0. The third-order valence-corrected chi connectivity index (χ3v) is 8.35. The lowest BCUT2D eigenvalue weighted by Crippen LogP contribution is -2.62. The van der Waals surface area contributed by atoms with E-state index in [1.807, 2.05) is 57.2 Å². The van der Waals surface area contributed by atoms with Crippen molar-refractivity contribution in [2.45, 2.75) is 89.6 Å². The van der Waals surface area contributed by atoms with Gasteiger partial charge >= 0.3 is 5.97 Å². The highest BCUT2D eigenvalue weighted by Crippen LogP contribution is 2.22. The SMILES string of the molecule is CO[C@@H]1CC/C=C/c2cccc(c2)[C@@H](C)OC(=O)[C@@H]2CCCN(N2)C(=O)C(Cc2cccc(O)c2)NC(=O)[C@H](C(C)C)NC(=O)C1. The molecule has 5 atom stereocenters. The maximum Gasteiger partial charge on any atom is 0.325 e. The van der Waals surface area contributed by atoms with Gasteiger partial charge in [0.15, 0.2) is 0 Å². The lowest BCUT2D eigenvalue weighted by molar-refractivity contribution is -0.157. The van der Waals surface area contributed by atoms with E-state index in [1.54, 1.807) is 19.2 Å². The third-order valence-electron chi connectivity index (χ3n) is 8.35. The molecule has 2 aromatic carbocycles. The van der Waals surface area contributed by atoms with Gasteiger partial charge in [-0.3, -0.25) is 24.2 Å². The van der Waals surface area contributed by atoms with Gasteiger partial charge in [-0.15, -0.1) is 0 Å². The fourth-order valence-electron chi connectivity index (χ4n) is 5.70. The Morgan fingerprint density at radius 2 is 1.83 bits per heavy atom. The maximum absolute atomic E-state index is 14.0. The number of aromatic hydroxyl groups is 1. The minimum absolute atomic E-state index is 0.0313. The zero-order valence-electron chi connectivity index (χ0n) is 27.0. The van der Waals surface area contributed by atoms with E-state index in [4.69, 9.17) is 9.47 Å². The van der Waals surface area contributed by atoms with Crippen molar-refractivity contribution >= 4 is 29.8 Å². The fraction of sp³-hybridized carbons (Fsp3) is 0.486. The smallest absolute Gasteiger partial charge is 0.325 e. The summed E-state index contributed by atoms with van der Waals surface area (Å²) in [6.07, 6.45) is 5.55. The molecule has 2 aromatic rings. The van der Waals surface area contributed by atoms with E-state index in [2.05, 4.69) is 16.1 Å². The highest BCUT2D eigenvalue weighted by Gasteiger charge is 2.35. The van der Waals surface area contributed by atoms with Crippen molar-refractivity contribution < 1.29 is 33.8 Å². The molecule has 4 bridgehead atoms. The summed E-state index contributed by atoms with van der Waals surface area (Å²) in [5, 5.41) is 17.1. The standard InChI is InChI=1S/C35H46N4O7/c1-22(2)32-33(42)36-30(20-25-12-8-14-27(40)19-25)34(43)39-17-9-16-29(38-39)35(44)46-23(3)26-13-7-11-24(18-26)10-5-6-15-28(45-4)21-31(41)37-32/h5,7-8,10-14,18-19,22-23,28-30,32,38,40H,6,9,15-17,20-21H2,1-4H3,(H,36,42)(H,37,41)/b10-5+/t23-,28-,29+,30?,32+/m1/s1. The van der Waals surface area contributed by atoms with Crippen molar-refractivity contribution in [2.24, 2.45) is 5.92 Å². The van der Waals surface area contributed by atoms with Crippen LogP contribution in [0.5, 0.6) is 5.75 Å². The number of nitrogens with one attached hydrogen (secondary N) is 3. The molecular weight excluding hydrogens is 588 g/mol. The minimum Gasteiger partial charge on any atom is -0.508 e. The Morgan fingerprint density at radius 1 is 1.04 bits per heavy atom. The highest BCUT2D eigenvalue weighted by molar-refractivity contribution is 5.92. The van der Waals surface area contributed by atoms with Gasteiger partial charge in [0.25, 0.3) is 5.91 Å². The number of hydrogen-bond donors (Lipinski definition) is 4. The Hall–Kier alpha value is -4.22. The number of hydrogen-bond acceptors (Lipinski definition) is 8. The van der Waals surface area contributed by atoms with Crippen LogP contribution in [0.15, 0.2) is 54.6 Å². The topological polar surface area (TPSA) is 146 Å². The number of methoxy groups -OCH3 is 1. The van der Waals surface area contributed by atoms with Crippen molar-refractivity contribution in [1.29, 1.82) is 0 Å². The predicted molar refractivity (Wildman–Crippen MR) is 173 cm³/mol. The number of allylic oxidation sites excluding steroid dienone is 1. The molecule has 0 aliphatic carbocycles. The van der Waals surface area contributed by atoms with Crippen molar-refractivity contribution in [1.82, 2.24) is 21.1 Å². The number of benzene rings is 2.